The Morgan fingerprint density at radius 3 is 2.40 bits per heavy atom. The lowest BCUT2D eigenvalue weighted by Gasteiger charge is -2.16. The van der Waals surface area contributed by atoms with Gasteiger partial charge in [-0.2, -0.15) is 0 Å². The molecule has 82 valence electrons. The fraction of sp³-hybridized carbons (Fsp3) is 0.300. The molecule has 0 atom stereocenters. The van der Waals surface area contributed by atoms with Gasteiger partial charge in [0.25, 0.3) is 12.3 Å². The topological polar surface area (TPSA) is 20.3 Å². The minimum atomic E-state index is -2.50. The molecular weight excluding hydrogens is 315 g/mol. The molecule has 1 aromatic rings. The number of carbonyl (C=O) groups is 1. The average molecular weight is 325 g/mol. The predicted molar refractivity (Wildman–Crippen MR) is 62.1 cm³/mol. The molecular formula is C10H10F2INO. The van der Waals surface area contributed by atoms with Gasteiger partial charge in [-0.05, 0) is 46.9 Å². The van der Waals surface area contributed by atoms with Crippen LogP contribution in [0, 0.1) is 3.57 Å². The lowest BCUT2D eigenvalue weighted by Crippen LogP contribution is -2.31. The van der Waals surface area contributed by atoms with Crippen LogP contribution in [0.1, 0.15) is 10.4 Å². The molecule has 0 heterocycles. The van der Waals surface area contributed by atoms with Crippen molar-refractivity contribution in [1.29, 1.82) is 0 Å². The molecule has 0 unspecified atom stereocenters. The van der Waals surface area contributed by atoms with E-state index in [9.17, 15) is 13.6 Å². The molecule has 0 aromatic heterocycles. The van der Waals surface area contributed by atoms with Crippen molar-refractivity contribution in [2.24, 2.45) is 0 Å². The molecule has 1 rings (SSSR count). The minimum Gasteiger partial charge on any atom is -0.336 e. The fourth-order valence-electron chi connectivity index (χ4n) is 1.10. The number of hydrogen-bond donors (Lipinski definition) is 0. The van der Waals surface area contributed by atoms with Gasteiger partial charge in [0.05, 0.1) is 6.54 Å². The molecule has 0 aliphatic carbocycles. The fourth-order valence-corrected chi connectivity index (χ4v) is 1.46. The van der Waals surface area contributed by atoms with Gasteiger partial charge in [-0.15, -0.1) is 0 Å². The van der Waals surface area contributed by atoms with Crippen LogP contribution in [0.5, 0.6) is 0 Å². The molecule has 0 bridgehead atoms. The van der Waals surface area contributed by atoms with Gasteiger partial charge in [0.1, 0.15) is 0 Å². The Labute approximate surface area is 100 Å². The number of halogens is 3. The van der Waals surface area contributed by atoms with E-state index in [2.05, 4.69) is 22.6 Å². The summed E-state index contributed by atoms with van der Waals surface area (Å²) >= 11 is 2.11. The minimum absolute atomic E-state index is 0.383. The normalized spacial score (nSPS) is 10.5. The number of alkyl halides is 2. The quantitative estimate of drug-likeness (QED) is 0.783. The van der Waals surface area contributed by atoms with Crippen LogP contribution in [-0.2, 0) is 0 Å². The summed E-state index contributed by atoms with van der Waals surface area (Å²) in [6, 6.07) is 6.80. The summed E-state index contributed by atoms with van der Waals surface area (Å²) in [6.07, 6.45) is -2.50. The monoisotopic (exact) mass is 325 g/mol. The molecule has 0 radical (unpaired) electrons. The molecule has 1 aromatic carbocycles. The van der Waals surface area contributed by atoms with E-state index in [4.69, 9.17) is 0 Å². The molecule has 0 saturated carbocycles. The summed E-state index contributed by atoms with van der Waals surface area (Å²) in [6.45, 7) is -0.537. The molecule has 1 amide bonds. The van der Waals surface area contributed by atoms with Gasteiger partial charge < -0.3 is 4.90 Å². The maximum atomic E-state index is 12.0. The van der Waals surface area contributed by atoms with Crippen molar-refractivity contribution in [3.63, 3.8) is 0 Å². The zero-order chi connectivity index (χ0) is 11.4. The van der Waals surface area contributed by atoms with Crippen molar-refractivity contribution in [2.75, 3.05) is 13.6 Å². The first-order chi connectivity index (χ1) is 7.00. The Bertz CT molecular complexity index is 340. The van der Waals surface area contributed by atoms with E-state index >= 15 is 0 Å². The van der Waals surface area contributed by atoms with E-state index in [0.29, 0.717) is 5.56 Å². The maximum Gasteiger partial charge on any atom is 0.255 e. The van der Waals surface area contributed by atoms with Gasteiger partial charge in [0, 0.05) is 16.2 Å². The Kier molecular flexibility index (Phi) is 4.44. The third kappa shape index (κ3) is 3.73. The predicted octanol–water partition coefficient (Wildman–Crippen LogP) is 2.63. The molecule has 0 aliphatic heterocycles. The van der Waals surface area contributed by atoms with Gasteiger partial charge in [-0.25, -0.2) is 8.78 Å². The zero-order valence-corrected chi connectivity index (χ0v) is 10.2. The largest absolute Gasteiger partial charge is 0.336 e. The highest BCUT2D eigenvalue weighted by Crippen LogP contribution is 2.09. The smallest absolute Gasteiger partial charge is 0.255 e. The molecule has 0 N–H and O–H groups in total. The summed E-state index contributed by atoms with van der Waals surface area (Å²) in [5.41, 5.74) is 0.429. The Hall–Kier alpha value is -0.720. The number of nitrogens with zero attached hydrogens (tertiary/aromatic N) is 1. The van der Waals surface area contributed by atoms with E-state index in [1.54, 1.807) is 24.3 Å². The van der Waals surface area contributed by atoms with Gasteiger partial charge >= 0.3 is 0 Å². The van der Waals surface area contributed by atoms with Crippen LogP contribution in [0.4, 0.5) is 8.78 Å². The highest BCUT2D eigenvalue weighted by molar-refractivity contribution is 14.1. The van der Waals surface area contributed by atoms with Gasteiger partial charge in [-0.1, -0.05) is 0 Å². The molecule has 5 heteroatoms. The summed E-state index contributed by atoms with van der Waals surface area (Å²) in [5, 5.41) is 0. The van der Waals surface area contributed by atoms with Gasteiger partial charge in [0.2, 0.25) is 0 Å². The van der Waals surface area contributed by atoms with Crippen molar-refractivity contribution < 1.29 is 13.6 Å². The zero-order valence-electron chi connectivity index (χ0n) is 8.08. The Balaban J connectivity index is 2.72. The van der Waals surface area contributed by atoms with Crippen LogP contribution in [0.2, 0.25) is 0 Å². The summed E-state index contributed by atoms with van der Waals surface area (Å²) in [7, 11) is 1.37. The SMILES string of the molecule is CN(CC(F)F)C(=O)c1ccc(I)cc1. The van der Waals surface area contributed by atoms with E-state index in [0.717, 1.165) is 8.47 Å². The van der Waals surface area contributed by atoms with Gasteiger partial charge in [-0.3, -0.25) is 4.79 Å². The highest BCUT2D eigenvalue weighted by Gasteiger charge is 2.15. The lowest BCUT2D eigenvalue weighted by atomic mass is 10.2. The number of benzene rings is 1. The van der Waals surface area contributed by atoms with E-state index in [-0.39, 0.29) is 5.91 Å². The van der Waals surface area contributed by atoms with Crippen LogP contribution in [-0.4, -0.2) is 30.8 Å². The average Bonchev–Trinajstić information content (AvgIpc) is 2.17. The first-order valence-corrected chi connectivity index (χ1v) is 5.37. The lowest BCUT2D eigenvalue weighted by molar-refractivity contribution is 0.0620. The Morgan fingerprint density at radius 1 is 1.40 bits per heavy atom. The van der Waals surface area contributed by atoms with Crippen molar-refractivity contribution >= 4 is 28.5 Å². The van der Waals surface area contributed by atoms with Crippen molar-refractivity contribution in [1.82, 2.24) is 4.90 Å². The van der Waals surface area contributed by atoms with E-state index in [1.807, 2.05) is 0 Å². The van der Waals surface area contributed by atoms with Crippen LogP contribution >= 0.6 is 22.6 Å². The highest BCUT2D eigenvalue weighted by atomic mass is 127. The van der Waals surface area contributed by atoms with Crippen molar-refractivity contribution in [2.45, 2.75) is 6.43 Å². The summed E-state index contributed by atoms with van der Waals surface area (Å²) in [5.74, 6) is -0.383. The molecule has 15 heavy (non-hydrogen) atoms. The second-order valence-electron chi connectivity index (χ2n) is 3.08. The first kappa shape index (κ1) is 12.4. The summed E-state index contributed by atoms with van der Waals surface area (Å²) in [4.78, 5) is 12.6. The molecule has 0 spiro atoms. The number of carbonyl (C=O) groups excluding carboxylic acids is 1. The van der Waals surface area contributed by atoms with Gasteiger partial charge in [0.15, 0.2) is 0 Å². The van der Waals surface area contributed by atoms with Crippen molar-refractivity contribution in [3.8, 4) is 0 Å². The number of rotatable bonds is 3. The molecule has 0 fully saturated rings. The summed E-state index contributed by atoms with van der Waals surface area (Å²) < 4.78 is 25.1. The van der Waals surface area contributed by atoms with Crippen LogP contribution in [0.25, 0.3) is 0 Å². The second kappa shape index (κ2) is 5.39. The van der Waals surface area contributed by atoms with Crippen LogP contribution < -0.4 is 0 Å². The molecule has 0 aliphatic rings. The molecule has 2 nitrogen and oxygen atoms in total. The number of hydrogen-bond acceptors (Lipinski definition) is 1. The third-order valence-electron chi connectivity index (χ3n) is 1.85. The molecule has 0 saturated heterocycles. The maximum absolute atomic E-state index is 12.0. The number of amides is 1. The first-order valence-electron chi connectivity index (χ1n) is 4.30. The van der Waals surface area contributed by atoms with E-state index < -0.39 is 13.0 Å². The van der Waals surface area contributed by atoms with Crippen LogP contribution in [0.15, 0.2) is 24.3 Å². The third-order valence-corrected chi connectivity index (χ3v) is 2.57. The standard InChI is InChI=1S/C10H10F2INO/c1-14(6-9(11)12)10(15)7-2-4-8(13)5-3-7/h2-5,9H,6H2,1H3. The second-order valence-corrected chi connectivity index (χ2v) is 4.33. The van der Waals surface area contributed by atoms with Crippen molar-refractivity contribution in [3.05, 3.63) is 33.4 Å². The van der Waals surface area contributed by atoms with Crippen LogP contribution in [0.3, 0.4) is 0 Å². The van der Waals surface area contributed by atoms with E-state index in [1.165, 1.54) is 7.05 Å². The Morgan fingerprint density at radius 2 is 1.93 bits per heavy atom.